The summed E-state index contributed by atoms with van der Waals surface area (Å²) in [6.07, 6.45) is 11.5. The first-order chi connectivity index (χ1) is 19.3. The predicted octanol–water partition coefficient (Wildman–Crippen LogP) is 5.49. The number of fused-ring (bicyclic) bond motifs is 2. The molecular weight excluding hydrogens is 536 g/mol. The largest absolute Gasteiger partial charge is 0.400 e. The van der Waals surface area contributed by atoms with Crippen molar-refractivity contribution in [2.75, 3.05) is 21.2 Å². The van der Waals surface area contributed by atoms with Crippen LogP contribution >= 0.6 is 12.6 Å². The van der Waals surface area contributed by atoms with E-state index in [1.807, 2.05) is 27.9 Å². The van der Waals surface area contributed by atoms with Gasteiger partial charge >= 0.3 is 0 Å². The van der Waals surface area contributed by atoms with E-state index in [1.54, 1.807) is 0 Å². The van der Waals surface area contributed by atoms with Crippen LogP contribution in [0, 0.1) is 51.8 Å². The number of carbonyl (C=O) groups is 4. The zero-order valence-corrected chi connectivity index (χ0v) is 28.4. The summed E-state index contributed by atoms with van der Waals surface area (Å²) in [5.74, 6) is 4.19. The molecule has 5 aliphatic rings. The van der Waals surface area contributed by atoms with Gasteiger partial charge in [-0.2, -0.15) is 0 Å². The molecule has 5 aliphatic carbocycles. The molecule has 9 atom stereocenters. The van der Waals surface area contributed by atoms with E-state index in [1.165, 1.54) is 52.4 Å². The van der Waals surface area contributed by atoms with E-state index in [9.17, 15) is 14.4 Å². The maximum absolute atomic E-state index is 13.8. The molecule has 238 valence electrons. The van der Waals surface area contributed by atoms with Crippen LogP contribution in [0.15, 0.2) is 0 Å². The lowest BCUT2D eigenvalue weighted by molar-refractivity contribution is -0.150. The van der Waals surface area contributed by atoms with Crippen LogP contribution in [0.2, 0.25) is 0 Å². The van der Waals surface area contributed by atoms with E-state index in [4.69, 9.17) is 9.90 Å². The van der Waals surface area contributed by atoms with Gasteiger partial charge in [-0.25, -0.2) is 0 Å². The normalized spacial score (nSPS) is 39.0. The van der Waals surface area contributed by atoms with E-state index in [-0.39, 0.29) is 33.2 Å². The number of aliphatic hydroxyl groups is 1. The topological polar surface area (TPSA) is 113 Å². The fourth-order valence-corrected chi connectivity index (χ4v) is 9.65. The molecule has 8 heteroatoms. The summed E-state index contributed by atoms with van der Waals surface area (Å²) in [4.78, 5) is 44.3. The number of nitrogens with one attached hydrogen (secondary N) is 2. The molecule has 0 bridgehead atoms. The summed E-state index contributed by atoms with van der Waals surface area (Å²) >= 11 is 3.33. The van der Waals surface area contributed by atoms with Crippen molar-refractivity contribution >= 4 is 35.7 Å². The maximum Gasteiger partial charge on any atom is 0.222 e. The number of rotatable bonds is 3. The molecule has 0 heterocycles. The van der Waals surface area contributed by atoms with Crippen molar-refractivity contribution in [1.82, 2.24) is 10.6 Å². The lowest BCUT2D eigenvalue weighted by atomic mass is 9.48. The number of ketones is 1. The van der Waals surface area contributed by atoms with Gasteiger partial charge in [-0.05, 0) is 106 Å². The Kier molecular flexibility index (Phi) is 14.7. The Balaban J connectivity index is 0.000000607. The molecule has 0 aromatic heterocycles. The SMILES string of the molecule is CC(=O)S.CC=O.CCC1CCC2C3CCC4C(C)C(NC(=O)C(C)C)CC[C@@]45CC35C(=O)CC12C.CNC.CO. The summed E-state index contributed by atoms with van der Waals surface area (Å²) in [5, 5.41) is 13.0. The number of aldehydes is 1. The van der Waals surface area contributed by atoms with Gasteiger partial charge in [0.2, 0.25) is 5.91 Å². The van der Waals surface area contributed by atoms with Crippen LogP contribution in [0.25, 0.3) is 0 Å². The second kappa shape index (κ2) is 16.0. The molecule has 3 N–H and O–H groups in total. The van der Waals surface area contributed by atoms with Gasteiger partial charge in [0.25, 0.3) is 0 Å². The highest BCUT2D eigenvalue weighted by Gasteiger charge is 2.82. The summed E-state index contributed by atoms with van der Waals surface area (Å²) in [6.45, 7) is 14.0. The van der Waals surface area contributed by atoms with Crippen molar-refractivity contribution in [3.05, 3.63) is 0 Å². The molecule has 0 aromatic carbocycles. The van der Waals surface area contributed by atoms with Gasteiger partial charge in [-0.3, -0.25) is 14.4 Å². The van der Waals surface area contributed by atoms with E-state index >= 15 is 0 Å². The average Bonchev–Trinajstić information content (AvgIpc) is 3.49. The molecule has 0 saturated heterocycles. The first-order valence-corrected chi connectivity index (χ1v) is 16.2. The molecule has 8 unspecified atom stereocenters. The summed E-state index contributed by atoms with van der Waals surface area (Å²) in [5.41, 5.74) is 0.563. The highest BCUT2D eigenvalue weighted by molar-refractivity contribution is 7.96. The molecular formula is C33H60N2O5S. The molecule has 7 nitrogen and oxygen atoms in total. The molecule has 0 radical (unpaired) electrons. The van der Waals surface area contributed by atoms with E-state index < -0.39 is 0 Å². The minimum atomic E-state index is -0.139. The molecule has 5 rings (SSSR count). The molecule has 2 spiro atoms. The average molecular weight is 597 g/mol. The minimum Gasteiger partial charge on any atom is -0.400 e. The predicted molar refractivity (Wildman–Crippen MR) is 170 cm³/mol. The summed E-state index contributed by atoms with van der Waals surface area (Å²) in [7, 11) is 4.75. The highest BCUT2D eigenvalue weighted by atomic mass is 32.1. The number of amides is 1. The van der Waals surface area contributed by atoms with Crippen LogP contribution < -0.4 is 10.6 Å². The number of Topliss-reactive ketones (excluding diaryl/α,β-unsaturated/α-hetero) is 1. The molecule has 41 heavy (non-hydrogen) atoms. The van der Waals surface area contributed by atoms with Crippen molar-refractivity contribution in [2.24, 2.45) is 51.8 Å². The number of thiol groups is 1. The monoisotopic (exact) mass is 596 g/mol. The Morgan fingerprint density at radius 1 is 1.07 bits per heavy atom. The van der Waals surface area contributed by atoms with Crippen molar-refractivity contribution in [1.29, 1.82) is 0 Å². The van der Waals surface area contributed by atoms with E-state index in [2.05, 4.69) is 44.0 Å². The summed E-state index contributed by atoms with van der Waals surface area (Å²) in [6, 6.07) is 0.301. The smallest absolute Gasteiger partial charge is 0.222 e. The minimum absolute atomic E-state index is 0.0179. The Labute approximate surface area is 255 Å². The number of hydrogen-bond donors (Lipinski definition) is 4. The Hall–Kier alpha value is -1.25. The van der Waals surface area contributed by atoms with Crippen molar-refractivity contribution < 1.29 is 24.3 Å². The standard InChI is InChI=1S/C26H41NO2.C2H7N.C2H4OS.C2H4O.CH4O/c1-6-17-7-8-19-20-10-9-18-16(4)21(27-23(29)15(2)3)11-12-25(18)14-26(20,25)22(28)13-24(17,19)5;1-3-2;1-2(3)4;1-2-3;1-2/h15-21H,6-14H2,1-5H3,(H,27,29);3H,1-2H3;1H3,(H,3,4);2H,1H3;2H,1H3/t16?,17?,18?,19?,20?,21?,24?,25-,26?;;;;/m1..../s1. The fraction of sp³-hybridized carbons (Fsp3) is 0.879. The lowest BCUT2D eigenvalue weighted by Gasteiger charge is -2.56. The highest BCUT2D eigenvalue weighted by Crippen LogP contribution is 2.84. The van der Waals surface area contributed by atoms with Crippen LogP contribution in [-0.4, -0.2) is 55.4 Å². The van der Waals surface area contributed by atoms with Gasteiger partial charge in [-0.15, -0.1) is 12.6 Å². The van der Waals surface area contributed by atoms with Gasteiger partial charge in [0.05, 0.1) is 0 Å². The molecule has 0 aromatic rings. The Morgan fingerprint density at radius 3 is 2.05 bits per heavy atom. The van der Waals surface area contributed by atoms with Gasteiger partial charge in [0.1, 0.15) is 12.1 Å². The molecule has 5 saturated carbocycles. The van der Waals surface area contributed by atoms with Crippen LogP contribution in [0.1, 0.15) is 106 Å². The van der Waals surface area contributed by atoms with Crippen LogP contribution in [0.4, 0.5) is 0 Å². The second-order valence-corrected chi connectivity index (χ2v) is 14.0. The number of aliphatic hydroxyl groups excluding tert-OH is 1. The van der Waals surface area contributed by atoms with Gasteiger partial charge < -0.3 is 20.5 Å². The second-order valence-electron chi connectivity index (χ2n) is 13.4. The molecule has 5 fully saturated rings. The Morgan fingerprint density at radius 2 is 1.56 bits per heavy atom. The van der Waals surface area contributed by atoms with Gasteiger partial charge in [0.15, 0.2) is 5.12 Å². The van der Waals surface area contributed by atoms with E-state index in [0.717, 1.165) is 44.5 Å². The third kappa shape index (κ3) is 7.29. The van der Waals surface area contributed by atoms with Crippen molar-refractivity contribution in [3.63, 3.8) is 0 Å². The first-order valence-electron chi connectivity index (χ1n) is 15.7. The summed E-state index contributed by atoms with van der Waals surface area (Å²) < 4.78 is 0. The number of carbonyl (C=O) groups excluding carboxylic acids is 4. The maximum atomic E-state index is 13.8. The van der Waals surface area contributed by atoms with Crippen molar-refractivity contribution in [3.8, 4) is 0 Å². The lowest BCUT2D eigenvalue weighted by Crippen LogP contribution is -2.56. The third-order valence-corrected chi connectivity index (χ3v) is 11.1. The zero-order valence-electron chi connectivity index (χ0n) is 27.5. The van der Waals surface area contributed by atoms with Gasteiger partial charge in [-0.1, -0.05) is 41.0 Å². The van der Waals surface area contributed by atoms with Crippen molar-refractivity contribution in [2.45, 2.75) is 112 Å². The van der Waals surface area contributed by atoms with Gasteiger partial charge in [0, 0.05) is 37.8 Å². The number of hydrogen-bond acceptors (Lipinski definition) is 6. The first kappa shape index (κ1) is 37.8. The third-order valence-electron chi connectivity index (χ3n) is 11.1. The fourth-order valence-electron chi connectivity index (χ4n) is 9.65. The quantitative estimate of drug-likeness (QED) is 0.253. The zero-order chi connectivity index (χ0) is 31.8. The van der Waals surface area contributed by atoms with Crippen LogP contribution in [-0.2, 0) is 19.2 Å². The van der Waals surface area contributed by atoms with Crippen LogP contribution in [0.5, 0.6) is 0 Å². The van der Waals surface area contributed by atoms with Crippen LogP contribution in [0.3, 0.4) is 0 Å². The Bertz CT molecular complexity index is 893. The molecule has 1 amide bonds. The van der Waals surface area contributed by atoms with E-state index in [0.29, 0.717) is 29.6 Å². The molecule has 0 aliphatic heterocycles.